The zero-order valence-electron chi connectivity index (χ0n) is 8.58. The molecule has 4 atom stereocenters. The summed E-state index contributed by atoms with van der Waals surface area (Å²) >= 11 is 0. The Bertz CT molecular complexity index is 292. The lowest BCUT2D eigenvalue weighted by molar-refractivity contribution is -0.0294. The summed E-state index contributed by atoms with van der Waals surface area (Å²) in [4.78, 5) is 3.58. The molecule has 16 heavy (non-hydrogen) atoms. The molecule has 0 radical (unpaired) electrons. The Labute approximate surface area is 92.2 Å². The van der Waals surface area contributed by atoms with E-state index in [0.717, 1.165) is 0 Å². The van der Waals surface area contributed by atoms with E-state index in [1.54, 1.807) is 0 Å². The molecule has 1 rings (SSSR count). The average Bonchev–Trinajstić information content (AvgIpc) is 2.44. The van der Waals surface area contributed by atoms with Gasteiger partial charge in [0.2, 0.25) is 0 Å². The summed E-state index contributed by atoms with van der Waals surface area (Å²) < 4.78 is 5.11. The number of guanidine groups is 1. The van der Waals surface area contributed by atoms with Crippen LogP contribution in [-0.2, 0) is 4.74 Å². The Hall–Kier alpha value is -1.35. The number of hydrogen-bond acceptors (Lipinski definition) is 6. The average molecular weight is 232 g/mol. The van der Waals surface area contributed by atoms with Gasteiger partial charge in [0.25, 0.3) is 0 Å². The molecule has 92 valence electrons. The van der Waals surface area contributed by atoms with E-state index >= 15 is 0 Å². The maximum atomic E-state index is 9.54. The molecule has 0 aromatic carbocycles. The second-order valence-corrected chi connectivity index (χ2v) is 3.39. The van der Waals surface area contributed by atoms with Gasteiger partial charge in [0.15, 0.2) is 12.2 Å². The largest absolute Gasteiger partial charge is 0.394 e. The van der Waals surface area contributed by atoms with Gasteiger partial charge in [-0.2, -0.15) is 4.99 Å². The highest BCUT2D eigenvalue weighted by molar-refractivity contribution is 5.76. The molecule has 0 bridgehead atoms. The molecular weight excluding hydrogens is 216 g/mol. The summed E-state index contributed by atoms with van der Waals surface area (Å²) in [6.07, 6.45) is -4.13. The van der Waals surface area contributed by atoms with Crippen molar-refractivity contribution in [1.29, 1.82) is 0 Å². The van der Waals surface area contributed by atoms with Crippen molar-refractivity contribution < 1.29 is 20.1 Å². The third-order valence-electron chi connectivity index (χ3n) is 2.12. The van der Waals surface area contributed by atoms with Gasteiger partial charge in [-0.05, 0) is 0 Å². The van der Waals surface area contributed by atoms with Crippen molar-refractivity contribution in [2.45, 2.75) is 24.5 Å². The lowest BCUT2D eigenvalue weighted by Crippen LogP contribution is -2.40. The Morgan fingerprint density at radius 3 is 2.44 bits per heavy atom. The summed E-state index contributed by atoms with van der Waals surface area (Å²) in [6.45, 7) is 3.08. The van der Waals surface area contributed by atoms with Crippen molar-refractivity contribution in [2.75, 3.05) is 6.61 Å². The van der Waals surface area contributed by atoms with Crippen LogP contribution in [0.1, 0.15) is 0 Å². The van der Waals surface area contributed by atoms with Crippen molar-refractivity contribution in [1.82, 2.24) is 5.32 Å². The number of hydrogen-bond donors (Lipinski definition) is 6. The number of nitrogens with zero attached hydrogens (tertiary/aromatic N) is 1. The summed E-state index contributed by atoms with van der Waals surface area (Å²) in [5.74, 6) is -0.0981. The first-order chi connectivity index (χ1) is 7.45. The SMILES string of the molecule is C=C(N=C(N)N)NC1OC(CO)C(O)C1O. The molecule has 1 aliphatic heterocycles. The van der Waals surface area contributed by atoms with Crippen LogP contribution in [0.4, 0.5) is 0 Å². The van der Waals surface area contributed by atoms with Crippen molar-refractivity contribution in [3.63, 3.8) is 0 Å². The van der Waals surface area contributed by atoms with E-state index in [-0.39, 0.29) is 11.8 Å². The molecule has 1 saturated heterocycles. The van der Waals surface area contributed by atoms with Gasteiger partial charge in [0.1, 0.15) is 24.1 Å². The first-order valence-corrected chi connectivity index (χ1v) is 4.63. The standard InChI is InChI=1S/C8H16N4O4/c1-3(12-8(9)10)11-7-6(15)5(14)4(2-13)16-7/h4-7,11,13-15H,1-2H2,(H4,9,10,12). The Morgan fingerprint density at radius 2 is 2.00 bits per heavy atom. The summed E-state index contributed by atoms with van der Waals surface area (Å²) in [5, 5.41) is 30.4. The number of nitrogens with one attached hydrogen (secondary N) is 1. The maximum Gasteiger partial charge on any atom is 0.192 e. The number of nitrogens with two attached hydrogens (primary N) is 2. The van der Waals surface area contributed by atoms with Crippen molar-refractivity contribution in [2.24, 2.45) is 16.5 Å². The molecule has 0 spiro atoms. The summed E-state index contributed by atoms with van der Waals surface area (Å²) in [5.41, 5.74) is 10.2. The molecule has 0 amide bonds. The highest BCUT2D eigenvalue weighted by Gasteiger charge is 2.42. The van der Waals surface area contributed by atoms with E-state index in [1.165, 1.54) is 0 Å². The second kappa shape index (κ2) is 5.12. The normalized spacial score (nSPS) is 33.4. The molecule has 1 fully saturated rings. The third-order valence-corrected chi connectivity index (χ3v) is 2.12. The Kier molecular flexibility index (Phi) is 4.07. The van der Waals surface area contributed by atoms with Crippen LogP contribution in [0.3, 0.4) is 0 Å². The molecule has 8 heteroatoms. The minimum Gasteiger partial charge on any atom is -0.394 e. The van der Waals surface area contributed by atoms with Crippen LogP contribution in [0, 0.1) is 0 Å². The van der Waals surface area contributed by atoms with Gasteiger partial charge < -0.3 is 36.8 Å². The van der Waals surface area contributed by atoms with Crippen LogP contribution < -0.4 is 16.8 Å². The monoisotopic (exact) mass is 232 g/mol. The van der Waals surface area contributed by atoms with Crippen molar-refractivity contribution in [3.05, 3.63) is 12.4 Å². The predicted octanol–water partition coefficient (Wildman–Crippen LogP) is -3.24. The first kappa shape index (κ1) is 12.7. The van der Waals surface area contributed by atoms with Gasteiger partial charge in [-0.1, -0.05) is 6.58 Å². The minimum absolute atomic E-state index is 0.0924. The van der Waals surface area contributed by atoms with E-state index in [2.05, 4.69) is 16.9 Å². The minimum atomic E-state index is -1.19. The van der Waals surface area contributed by atoms with Crippen molar-refractivity contribution in [3.8, 4) is 0 Å². The van der Waals surface area contributed by atoms with Crippen molar-refractivity contribution >= 4 is 5.96 Å². The van der Waals surface area contributed by atoms with Gasteiger partial charge in [0, 0.05) is 0 Å². The van der Waals surface area contributed by atoms with Crippen LogP contribution in [0.25, 0.3) is 0 Å². The molecule has 0 aromatic rings. The van der Waals surface area contributed by atoms with Gasteiger partial charge in [0.05, 0.1) is 6.61 Å². The number of aliphatic hydroxyl groups excluding tert-OH is 3. The molecule has 0 aromatic heterocycles. The summed E-state index contributed by atoms with van der Waals surface area (Å²) in [6, 6.07) is 0. The highest BCUT2D eigenvalue weighted by atomic mass is 16.6. The molecular formula is C8H16N4O4. The van der Waals surface area contributed by atoms with Gasteiger partial charge in [-0.25, -0.2) is 0 Å². The summed E-state index contributed by atoms with van der Waals surface area (Å²) in [7, 11) is 0. The smallest absolute Gasteiger partial charge is 0.192 e. The highest BCUT2D eigenvalue weighted by Crippen LogP contribution is 2.19. The molecule has 1 aliphatic rings. The molecule has 8 nitrogen and oxygen atoms in total. The number of aliphatic imine (C=N–C) groups is 1. The second-order valence-electron chi connectivity index (χ2n) is 3.39. The number of aliphatic hydroxyl groups is 3. The van der Waals surface area contributed by atoms with Gasteiger partial charge >= 0.3 is 0 Å². The van der Waals surface area contributed by atoms with Crippen LogP contribution in [0.5, 0.6) is 0 Å². The van der Waals surface area contributed by atoms with E-state index in [9.17, 15) is 10.2 Å². The molecule has 0 aliphatic carbocycles. The fourth-order valence-corrected chi connectivity index (χ4v) is 1.37. The zero-order valence-corrected chi connectivity index (χ0v) is 8.58. The van der Waals surface area contributed by atoms with Crippen LogP contribution in [-0.4, -0.2) is 52.4 Å². The molecule has 1 heterocycles. The fourth-order valence-electron chi connectivity index (χ4n) is 1.37. The predicted molar refractivity (Wildman–Crippen MR) is 55.8 cm³/mol. The van der Waals surface area contributed by atoms with E-state index in [1.807, 2.05) is 0 Å². The fraction of sp³-hybridized carbons (Fsp3) is 0.625. The van der Waals surface area contributed by atoms with Crippen LogP contribution >= 0.6 is 0 Å². The lowest BCUT2D eigenvalue weighted by Gasteiger charge is -2.16. The Balaban J connectivity index is 2.56. The third kappa shape index (κ3) is 2.83. The number of ether oxygens (including phenoxy) is 1. The Morgan fingerprint density at radius 1 is 1.38 bits per heavy atom. The zero-order chi connectivity index (χ0) is 12.3. The van der Waals surface area contributed by atoms with E-state index in [4.69, 9.17) is 21.3 Å². The van der Waals surface area contributed by atoms with Gasteiger partial charge in [-0.15, -0.1) is 0 Å². The quantitative estimate of drug-likeness (QED) is 0.220. The lowest BCUT2D eigenvalue weighted by atomic mass is 10.1. The number of rotatable bonds is 4. The molecule has 0 saturated carbocycles. The topological polar surface area (TPSA) is 146 Å². The van der Waals surface area contributed by atoms with E-state index < -0.39 is 31.1 Å². The van der Waals surface area contributed by atoms with Crippen LogP contribution in [0.2, 0.25) is 0 Å². The maximum absolute atomic E-state index is 9.54. The van der Waals surface area contributed by atoms with Gasteiger partial charge in [-0.3, -0.25) is 0 Å². The first-order valence-electron chi connectivity index (χ1n) is 4.63. The molecule has 8 N–H and O–H groups in total. The van der Waals surface area contributed by atoms with E-state index in [0.29, 0.717) is 0 Å². The van der Waals surface area contributed by atoms with Crippen LogP contribution in [0.15, 0.2) is 17.4 Å². The molecule has 4 unspecified atom stereocenters.